The molecule has 0 spiro atoms. The Hall–Kier alpha value is -7.70. The molecule has 0 radical (unpaired) electrons. The molecule has 8 aromatic rings. The van der Waals surface area contributed by atoms with Crippen molar-refractivity contribution in [1.82, 2.24) is 39.0 Å². The molecule has 0 amide bonds. The maximum Gasteiger partial charge on any atom is 0.573 e. The highest BCUT2D eigenvalue weighted by Gasteiger charge is 2.31. The topological polar surface area (TPSA) is 191 Å². The van der Waals surface area contributed by atoms with Crippen LogP contribution in [-0.4, -0.2) is 52.2 Å². The van der Waals surface area contributed by atoms with Crippen LogP contribution in [0.3, 0.4) is 0 Å². The average molecular weight is 779 g/mol. The van der Waals surface area contributed by atoms with E-state index in [-0.39, 0.29) is 24.2 Å². The molecule has 6 N–H and O–H groups in total. The first-order valence-corrected chi connectivity index (χ1v) is 17.0. The Balaban J connectivity index is 0.000000160. The van der Waals surface area contributed by atoms with Crippen molar-refractivity contribution in [3.8, 4) is 29.1 Å². The number of hydrogen-bond donors (Lipinski definition) is 4. The number of anilines is 6. The Labute approximate surface area is 319 Å². The van der Waals surface area contributed by atoms with Gasteiger partial charge in [0.05, 0.1) is 22.1 Å². The van der Waals surface area contributed by atoms with Gasteiger partial charge in [0.15, 0.2) is 23.1 Å². The first-order valence-electron chi connectivity index (χ1n) is 17.0. The highest BCUT2D eigenvalue weighted by Crippen LogP contribution is 2.35. The third kappa shape index (κ3) is 7.66. The molecule has 0 saturated carbocycles. The van der Waals surface area contributed by atoms with Crippen LogP contribution in [0.2, 0.25) is 0 Å². The smallest absolute Gasteiger partial charge is 0.454 e. The Kier molecular flexibility index (Phi) is 9.24. The lowest BCUT2D eigenvalue weighted by Gasteiger charge is -2.13. The Morgan fingerprint density at radius 2 is 1.26 bits per heavy atom. The van der Waals surface area contributed by atoms with Crippen LogP contribution in [0.1, 0.15) is 11.6 Å². The molecular weight excluding hydrogens is 748 g/mol. The molecule has 4 aromatic carbocycles. The fraction of sp³-hybridized carbons (Fsp3) is 0.105. The Bertz CT molecular complexity index is 2770. The van der Waals surface area contributed by atoms with Gasteiger partial charge < -0.3 is 36.3 Å². The van der Waals surface area contributed by atoms with Crippen molar-refractivity contribution in [2.45, 2.75) is 20.2 Å². The number of nitrogens with zero attached hydrogens (tertiary/aromatic N) is 8. The summed E-state index contributed by atoms with van der Waals surface area (Å²) < 4.78 is 69.4. The monoisotopic (exact) mass is 778 g/mol. The van der Waals surface area contributed by atoms with Crippen LogP contribution in [0.5, 0.6) is 17.2 Å². The fourth-order valence-electron chi connectivity index (χ4n) is 6.05. The summed E-state index contributed by atoms with van der Waals surface area (Å²) in [5, 5.41) is 5.94. The third-order valence-corrected chi connectivity index (χ3v) is 8.45. The van der Waals surface area contributed by atoms with Crippen molar-refractivity contribution < 1.29 is 31.8 Å². The van der Waals surface area contributed by atoms with Crippen molar-refractivity contribution in [3.05, 3.63) is 115 Å². The summed E-state index contributed by atoms with van der Waals surface area (Å²) in [6.45, 7) is 3.89. The highest BCUT2D eigenvalue weighted by atomic mass is 19.4. The van der Waals surface area contributed by atoms with Gasteiger partial charge in [0.2, 0.25) is 24.5 Å². The Morgan fingerprint density at radius 3 is 1.91 bits per heavy atom. The van der Waals surface area contributed by atoms with Gasteiger partial charge in [-0.2, -0.15) is 24.3 Å². The third-order valence-electron chi connectivity index (χ3n) is 8.45. The van der Waals surface area contributed by atoms with Crippen molar-refractivity contribution >= 4 is 56.7 Å². The predicted molar refractivity (Wildman–Crippen MR) is 204 cm³/mol. The van der Waals surface area contributed by atoms with Crippen molar-refractivity contribution in [3.63, 3.8) is 0 Å². The second-order valence-electron chi connectivity index (χ2n) is 12.4. The molecule has 288 valence electrons. The maximum atomic E-state index is 14.5. The number of nitrogen functional groups attached to an aromatic ring is 2. The molecule has 19 heteroatoms. The standard InChI is InChI=1S/C19H14F4N6O.C19H16N6O2/c1-10-25-13-4-2-3-5-14(13)29(10)18-27-16(24)15(20)17(28-18)26-11-6-8-12(9-7-11)30-19(21,22)23;1-11-21-13-4-2-3-5-14(13)25(11)19-23-17(20)9-18(24-19)22-12-6-7-15-16(8-12)27-10-26-15/h2-9H,1H3,(H3,24,26,27,28);2-9H,10H2,1H3,(H3,20,22,23,24). The molecule has 0 atom stereocenters. The van der Waals surface area contributed by atoms with E-state index in [9.17, 15) is 17.6 Å². The quantitative estimate of drug-likeness (QED) is 0.115. The van der Waals surface area contributed by atoms with E-state index >= 15 is 0 Å². The van der Waals surface area contributed by atoms with Crippen molar-refractivity contribution in [2.75, 3.05) is 28.9 Å². The molecule has 15 nitrogen and oxygen atoms in total. The number of aromatic nitrogens is 8. The average Bonchev–Trinajstić information content (AvgIpc) is 3.87. The lowest BCUT2D eigenvalue weighted by molar-refractivity contribution is -0.274. The molecule has 0 fully saturated rings. The zero-order valence-corrected chi connectivity index (χ0v) is 29.9. The van der Waals surface area contributed by atoms with Crippen molar-refractivity contribution in [2.24, 2.45) is 0 Å². The highest BCUT2D eigenvalue weighted by molar-refractivity contribution is 5.79. The van der Waals surface area contributed by atoms with E-state index in [1.807, 2.05) is 78.2 Å². The predicted octanol–water partition coefficient (Wildman–Crippen LogP) is 7.67. The van der Waals surface area contributed by atoms with E-state index < -0.39 is 23.7 Å². The molecule has 0 saturated heterocycles. The van der Waals surface area contributed by atoms with Gasteiger partial charge in [-0.1, -0.05) is 24.3 Å². The molecular formula is C38H30F4N12O3. The number of benzene rings is 4. The second kappa shape index (κ2) is 14.5. The number of rotatable bonds is 7. The van der Waals surface area contributed by atoms with E-state index in [1.54, 1.807) is 17.6 Å². The molecule has 0 aliphatic carbocycles. The lowest BCUT2D eigenvalue weighted by atomic mass is 10.3. The first-order chi connectivity index (χ1) is 27.4. The number of fused-ring (bicyclic) bond motifs is 3. The zero-order valence-electron chi connectivity index (χ0n) is 29.9. The number of nitrogens with one attached hydrogen (secondary N) is 2. The zero-order chi connectivity index (χ0) is 39.8. The summed E-state index contributed by atoms with van der Waals surface area (Å²) in [4.78, 5) is 26.2. The summed E-state index contributed by atoms with van der Waals surface area (Å²) in [5.41, 5.74) is 16.1. The van der Waals surface area contributed by atoms with Crippen molar-refractivity contribution in [1.29, 1.82) is 0 Å². The Morgan fingerprint density at radius 1 is 0.667 bits per heavy atom. The number of hydrogen-bond acceptors (Lipinski definition) is 13. The minimum absolute atomic E-state index is 0.0969. The van der Waals surface area contributed by atoms with Gasteiger partial charge in [-0.3, -0.25) is 9.13 Å². The fourth-order valence-corrected chi connectivity index (χ4v) is 6.05. The second-order valence-corrected chi connectivity index (χ2v) is 12.4. The van der Waals surface area contributed by atoms with Gasteiger partial charge in [0, 0.05) is 23.5 Å². The minimum atomic E-state index is -4.80. The van der Waals surface area contributed by atoms with E-state index in [0.717, 1.165) is 40.4 Å². The molecule has 0 bridgehead atoms. The van der Waals surface area contributed by atoms with Gasteiger partial charge in [0.1, 0.15) is 29.0 Å². The van der Waals surface area contributed by atoms with Crippen LogP contribution in [0, 0.1) is 19.7 Å². The van der Waals surface area contributed by atoms with Crippen LogP contribution >= 0.6 is 0 Å². The van der Waals surface area contributed by atoms with Gasteiger partial charge in [-0.05, 0) is 74.5 Å². The molecule has 4 aromatic heterocycles. The van der Waals surface area contributed by atoms with Crippen LogP contribution in [-0.2, 0) is 0 Å². The SMILES string of the molecule is Cc1nc2ccccc2n1-c1nc(N)c(F)c(Nc2ccc(OC(F)(F)F)cc2)n1.Cc1nc2ccccc2n1-c1nc(N)cc(Nc2ccc3c(c2)OCO3)n1. The van der Waals surface area contributed by atoms with Gasteiger partial charge in [-0.15, -0.1) is 13.2 Å². The van der Waals surface area contributed by atoms with Gasteiger partial charge in [-0.25, -0.2) is 9.97 Å². The summed E-state index contributed by atoms with van der Waals surface area (Å²) in [6, 6.07) is 27.2. The molecule has 57 heavy (non-hydrogen) atoms. The maximum absolute atomic E-state index is 14.5. The summed E-state index contributed by atoms with van der Waals surface area (Å²) in [5.74, 6) is 2.35. The van der Waals surface area contributed by atoms with Gasteiger partial charge >= 0.3 is 6.36 Å². The summed E-state index contributed by atoms with van der Waals surface area (Å²) in [6.07, 6.45) is -4.80. The molecule has 5 heterocycles. The number of halogens is 4. The minimum Gasteiger partial charge on any atom is -0.454 e. The number of imidazole rings is 2. The van der Waals surface area contributed by atoms with E-state index in [0.29, 0.717) is 40.2 Å². The molecule has 1 aliphatic heterocycles. The lowest BCUT2D eigenvalue weighted by Crippen LogP contribution is -2.17. The van der Waals surface area contributed by atoms with E-state index in [1.165, 1.54) is 12.1 Å². The number of alkyl halides is 3. The summed E-state index contributed by atoms with van der Waals surface area (Å²) >= 11 is 0. The van der Waals surface area contributed by atoms with Crippen LogP contribution in [0.25, 0.3) is 34.0 Å². The number of nitrogens with two attached hydrogens (primary N) is 2. The normalized spacial score (nSPS) is 12.0. The molecule has 0 unspecified atom stereocenters. The largest absolute Gasteiger partial charge is 0.573 e. The molecule has 9 rings (SSSR count). The first kappa shape index (κ1) is 36.3. The van der Waals surface area contributed by atoms with Crippen LogP contribution < -0.4 is 36.3 Å². The van der Waals surface area contributed by atoms with Gasteiger partial charge in [0.25, 0.3) is 0 Å². The van der Waals surface area contributed by atoms with Crippen LogP contribution in [0.4, 0.5) is 52.2 Å². The number of aryl methyl sites for hydroxylation is 2. The molecule has 1 aliphatic rings. The van der Waals surface area contributed by atoms with E-state index in [2.05, 4.69) is 45.3 Å². The van der Waals surface area contributed by atoms with Crippen LogP contribution in [0.15, 0.2) is 97.1 Å². The van der Waals surface area contributed by atoms with E-state index in [4.69, 9.17) is 20.9 Å². The number of para-hydroxylation sites is 4. The summed E-state index contributed by atoms with van der Waals surface area (Å²) in [7, 11) is 0. The number of ether oxygens (including phenoxy) is 3.